The molecule has 0 saturated heterocycles. The van der Waals surface area contributed by atoms with Gasteiger partial charge in [0.1, 0.15) is 0 Å². The molecule has 0 aliphatic rings. The van der Waals surface area contributed by atoms with Crippen molar-refractivity contribution < 1.29 is 4.79 Å². The molecule has 94 valence electrons. The summed E-state index contributed by atoms with van der Waals surface area (Å²) in [5, 5.41) is 4.95. The smallest absolute Gasteiger partial charge is 0.261 e. The summed E-state index contributed by atoms with van der Waals surface area (Å²) < 4.78 is 0. The molecule has 1 amide bonds. The Morgan fingerprint density at radius 3 is 2.72 bits per heavy atom. The van der Waals surface area contributed by atoms with Crippen LogP contribution in [0.15, 0.2) is 35.7 Å². The van der Waals surface area contributed by atoms with E-state index in [4.69, 9.17) is 0 Å². The minimum absolute atomic E-state index is 0.00148. The molecule has 0 saturated carbocycles. The predicted octanol–water partition coefficient (Wildman–Crippen LogP) is 3.86. The fourth-order valence-electron chi connectivity index (χ4n) is 1.98. The molecule has 3 heteroatoms. The molecule has 0 spiro atoms. The van der Waals surface area contributed by atoms with Crippen LogP contribution in [-0.2, 0) is 0 Å². The average Bonchev–Trinajstić information content (AvgIpc) is 2.85. The fraction of sp³-hybridized carbons (Fsp3) is 0.267. The molecule has 0 bridgehead atoms. The molecular formula is C15H17NOS. The van der Waals surface area contributed by atoms with Crippen molar-refractivity contribution in [2.75, 3.05) is 0 Å². The van der Waals surface area contributed by atoms with Crippen molar-refractivity contribution in [3.63, 3.8) is 0 Å². The van der Waals surface area contributed by atoms with Crippen LogP contribution in [0.4, 0.5) is 0 Å². The van der Waals surface area contributed by atoms with Crippen LogP contribution in [0.2, 0.25) is 0 Å². The van der Waals surface area contributed by atoms with E-state index in [2.05, 4.69) is 37.4 Å². The Balaban J connectivity index is 2.14. The van der Waals surface area contributed by atoms with Crippen LogP contribution in [0.5, 0.6) is 0 Å². The monoisotopic (exact) mass is 259 g/mol. The normalized spacial score (nSPS) is 12.2. The number of rotatable bonds is 3. The van der Waals surface area contributed by atoms with Gasteiger partial charge in [0, 0.05) is 0 Å². The minimum Gasteiger partial charge on any atom is -0.345 e. The first-order chi connectivity index (χ1) is 8.58. The van der Waals surface area contributed by atoms with Gasteiger partial charge in [-0.05, 0) is 43.3 Å². The Bertz CT molecular complexity index is 546. The third-order valence-electron chi connectivity index (χ3n) is 2.99. The maximum absolute atomic E-state index is 12.0. The van der Waals surface area contributed by atoms with Crippen LogP contribution >= 0.6 is 11.3 Å². The van der Waals surface area contributed by atoms with Crippen LogP contribution < -0.4 is 5.32 Å². The number of aryl methyl sites for hydroxylation is 2. The Hall–Kier alpha value is -1.61. The second-order valence-corrected chi connectivity index (χ2v) is 5.48. The topological polar surface area (TPSA) is 29.1 Å². The third-order valence-corrected chi connectivity index (χ3v) is 3.86. The van der Waals surface area contributed by atoms with Gasteiger partial charge < -0.3 is 5.32 Å². The summed E-state index contributed by atoms with van der Waals surface area (Å²) in [4.78, 5) is 12.7. The van der Waals surface area contributed by atoms with Crippen molar-refractivity contribution in [1.82, 2.24) is 5.32 Å². The summed E-state index contributed by atoms with van der Waals surface area (Å²) in [6.45, 7) is 6.16. The Kier molecular flexibility index (Phi) is 3.82. The standard InChI is InChI=1S/C15H17NOS/c1-10-6-7-11(2)13(9-10)12(3)16-15(17)14-5-4-8-18-14/h4-9,12H,1-3H3,(H,16,17)/t12-/m1/s1. The Morgan fingerprint density at radius 1 is 1.28 bits per heavy atom. The number of carbonyl (C=O) groups is 1. The van der Waals surface area contributed by atoms with Crippen LogP contribution in [-0.4, -0.2) is 5.91 Å². The van der Waals surface area contributed by atoms with Gasteiger partial charge in [0.15, 0.2) is 0 Å². The number of nitrogens with one attached hydrogen (secondary N) is 1. The molecule has 2 aromatic rings. The van der Waals surface area contributed by atoms with Crippen molar-refractivity contribution in [3.8, 4) is 0 Å². The number of thiophene rings is 1. The number of amides is 1. The molecule has 1 atom stereocenters. The zero-order chi connectivity index (χ0) is 13.1. The summed E-state index contributed by atoms with van der Waals surface area (Å²) in [6, 6.07) is 10.1. The van der Waals surface area contributed by atoms with Crippen molar-refractivity contribution in [2.24, 2.45) is 0 Å². The lowest BCUT2D eigenvalue weighted by atomic mass is 10.00. The zero-order valence-electron chi connectivity index (χ0n) is 10.9. The first-order valence-corrected chi connectivity index (χ1v) is 6.87. The SMILES string of the molecule is Cc1ccc(C)c([C@@H](C)NC(=O)c2cccs2)c1. The lowest BCUT2D eigenvalue weighted by Gasteiger charge is -2.16. The van der Waals surface area contributed by atoms with E-state index in [1.165, 1.54) is 28.0 Å². The van der Waals surface area contributed by atoms with Crippen LogP contribution in [0.25, 0.3) is 0 Å². The second kappa shape index (κ2) is 5.36. The molecule has 0 unspecified atom stereocenters. The summed E-state index contributed by atoms with van der Waals surface area (Å²) in [5.41, 5.74) is 3.60. The van der Waals surface area contributed by atoms with E-state index in [1.807, 2.05) is 24.4 Å². The highest BCUT2D eigenvalue weighted by Crippen LogP contribution is 2.20. The quantitative estimate of drug-likeness (QED) is 0.891. The van der Waals surface area contributed by atoms with Gasteiger partial charge in [-0.2, -0.15) is 0 Å². The minimum atomic E-state index is -0.00148. The Labute approximate surface area is 112 Å². The van der Waals surface area contributed by atoms with Crippen LogP contribution in [0.1, 0.15) is 39.3 Å². The molecule has 1 heterocycles. The largest absolute Gasteiger partial charge is 0.345 e. The molecular weight excluding hydrogens is 242 g/mol. The summed E-state index contributed by atoms with van der Waals surface area (Å²) >= 11 is 1.46. The van der Waals surface area contributed by atoms with E-state index in [0.717, 1.165) is 4.88 Å². The molecule has 0 fully saturated rings. The maximum Gasteiger partial charge on any atom is 0.261 e. The van der Waals surface area contributed by atoms with E-state index in [9.17, 15) is 4.79 Å². The Morgan fingerprint density at radius 2 is 2.06 bits per heavy atom. The van der Waals surface area contributed by atoms with Gasteiger partial charge in [-0.15, -0.1) is 11.3 Å². The highest BCUT2D eigenvalue weighted by Gasteiger charge is 2.13. The first kappa shape index (κ1) is 12.8. The van der Waals surface area contributed by atoms with E-state index in [0.29, 0.717) is 0 Å². The third kappa shape index (κ3) is 2.79. The highest BCUT2D eigenvalue weighted by molar-refractivity contribution is 7.12. The van der Waals surface area contributed by atoms with Gasteiger partial charge in [0.05, 0.1) is 10.9 Å². The summed E-state index contributed by atoms with van der Waals surface area (Å²) in [6.07, 6.45) is 0. The summed E-state index contributed by atoms with van der Waals surface area (Å²) in [7, 11) is 0. The fourth-order valence-corrected chi connectivity index (χ4v) is 2.61. The van der Waals surface area contributed by atoms with Gasteiger partial charge in [0.2, 0.25) is 0 Å². The lowest BCUT2D eigenvalue weighted by molar-refractivity contribution is 0.0944. The number of hydrogen-bond acceptors (Lipinski definition) is 2. The number of benzene rings is 1. The molecule has 0 aliphatic carbocycles. The molecule has 1 aromatic carbocycles. The van der Waals surface area contributed by atoms with E-state index < -0.39 is 0 Å². The van der Waals surface area contributed by atoms with Gasteiger partial charge >= 0.3 is 0 Å². The first-order valence-electron chi connectivity index (χ1n) is 5.99. The highest BCUT2D eigenvalue weighted by atomic mass is 32.1. The molecule has 2 rings (SSSR count). The van der Waals surface area contributed by atoms with Gasteiger partial charge in [0.25, 0.3) is 5.91 Å². The molecule has 1 N–H and O–H groups in total. The van der Waals surface area contributed by atoms with E-state index >= 15 is 0 Å². The maximum atomic E-state index is 12.0. The molecule has 1 aromatic heterocycles. The van der Waals surface area contributed by atoms with Crippen molar-refractivity contribution in [2.45, 2.75) is 26.8 Å². The number of hydrogen-bond donors (Lipinski definition) is 1. The van der Waals surface area contributed by atoms with Crippen molar-refractivity contribution in [1.29, 1.82) is 0 Å². The summed E-state index contributed by atoms with van der Waals surface area (Å²) in [5.74, 6) is -0.00148. The average molecular weight is 259 g/mol. The van der Waals surface area contributed by atoms with Gasteiger partial charge in [-0.25, -0.2) is 0 Å². The van der Waals surface area contributed by atoms with Gasteiger partial charge in [-0.3, -0.25) is 4.79 Å². The second-order valence-electron chi connectivity index (χ2n) is 4.53. The molecule has 2 nitrogen and oxygen atoms in total. The lowest BCUT2D eigenvalue weighted by Crippen LogP contribution is -2.26. The molecule has 18 heavy (non-hydrogen) atoms. The van der Waals surface area contributed by atoms with Crippen LogP contribution in [0.3, 0.4) is 0 Å². The van der Waals surface area contributed by atoms with Crippen LogP contribution in [0, 0.1) is 13.8 Å². The van der Waals surface area contributed by atoms with E-state index in [1.54, 1.807) is 0 Å². The number of carbonyl (C=O) groups excluding carboxylic acids is 1. The molecule has 0 radical (unpaired) electrons. The zero-order valence-corrected chi connectivity index (χ0v) is 11.7. The van der Waals surface area contributed by atoms with E-state index in [-0.39, 0.29) is 11.9 Å². The predicted molar refractivity (Wildman–Crippen MR) is 76.1 cm³/mol. The van der Waals surface area contributed by atoms with Crippen molar-refractivity contribution in [3.05, 3.63) is 57.3 Å². The van der Waals surface area contributed by atoms with Crippen molar-refractivity contribution >= 4 is 17.2 Å². The van der Waals surface area contributed by atoms with Gasteiger partial charge in [-0.1, -0.05) is 29.8 Å². The molecule has 0 aliphatic heterocycles.